The minimum Gasteiger partial charge on any atom is -0.394 e. The molecule has 3 aliphatic rings. The van der Waals surface area contributed by atoms with Crippen LogP contribution in [0.5, 0.6) is 0 Å². The lowest BCUT2D eigenvalue weighted by Gasteiger charge is -2.48. The summed E-state index contributed by atoms with van der Waals surface area (Å²) in [5.74, 6) is -0.288. The van der Waals surface area contributed by atoms with Gasteiger partial charge in [0, 0.05) is 6.42 Å². The molecule has 3 rings (SSSR count). The molecule has 3 heterocycles. The summed E-state index contributed by atoms with van der Waals surface area (Å²) < 4.78 is 34.4. The maximum absolute atomic E-state index is 13.5. The average molecular weight is 1470 g/mol. The third kappa shape index (κ3) is 43.8. The molecule has 3 aliphatic heterocycles. The highest BCUT2D eigenvalue weighted by molar-refractivity contribution is 5.76. The summed E-state index contributed by atoms with van der Waals surface area (Å²) in [6.07, 6.45) is 61.1. The quantitative estimate of drug-likeness (QED) is 0.0199. The zero-order valence-corrected chi connectivity index (χ0v) is 64.5. The van der Waals surface area contributed by atoms with Gasteiger partial charge in [-0.15, -0.1) is 0 Å². The van der Waals surface area contributed by atoms with Crippen molar-refractivity contribution in [3.63, 3.8) is 0 Å². The van der Waals surface area contributed by atoms with Crippen molar-refractivity contribution in [2.75, 3.05) is 26.4 Å². The topological polar surface area (TPSA) is 307 Å². The van der Waals surface area contributed by atoms with E-state index in [4.69, 9.17) is 28.4 Å². The third-order valence-electron chi connectivity index (χ3n) is 20.1. The van der Waals surface area contributed by atoms with Crippen LogP contribution in [0.3, 0.4) is 0 Å². The van der Waals surface area contributed by atoms with Crippen molar-refractivity contribution in [3.05, 3.63) is 97.2 Å². The van der Waals surface area contributed by atoms with E-state index in [1.807, 2.05) is 6.08 Å². The summed E-state index contributed by atoms with van der Waals surface area (Å²) in [5, 5.41) is 121. The molecule has 0 saturated carbocycles. The Balaban J connectivity index is 1.36. The summed E-state index contributed by atoms with van der Waals surface area (Å²) in [4.78, 5) is 13.5. The van der Waals surface area contributed by atoms with E-state index in [0.29, 0.717) is 12.8 Å². The van der Waals surface area contributed by atoms with Crippen molar-refractivity contribution in [1.29, 1.82) is 0 Å². The molecule has 3 fully saturated rings. The Bertz CT molecular complexity index is 2260. The number of hydrogen-bond acceptors (Lipinski definition) is 18. The molecular weight excluding hydrogens is 1320 g/mol. The minimum atomic E-state index is -1.99. The minimum absolute atomic E-state index is 0.230. The highest BCUT2D eigenvalue weighted by Gasteiger charge is 2.54. The van der Waals surface area contributed by atoms with Crippen LogP contribution in [-0.2, 0) is 33.2 Å². The Morgan fingerprint density at radius 2 is 0.673 bits per heavy atom. The largest absolute Gasteiger partial charge is 0.394 e. The molecule has 602 valence electrons. The van der Waals surface area contributed by atoms with E-state index in [0.717, 1.165) is 77.0 Å². The van der Waals surface area contributed by atoms with Gasteiger partial charge >= 0.3 is 0 Å². The van der Waals surface area contributed by atoms with E-state index in [-0.39, 0.29) is 18.9 Å². The molecule has 19 heteroatoms. The molecule has 0 spiro atoms. The molecule has 12 N–H and O–H groups in total. The van der Waals surface area contributed by atoms with Gasteiger partial charge in [0.2, 0.25) is 5.91 Å². The van der Waals surface area contributed by atoms with E-state index in [9.17, 15) is 61.0 Å². The number of aliphatic hydroxyl groups excluding tert-OH is 11. The van der Waals surface area contributed by atoms with Gasteiger partial charge in [0.1, 0.15) is 73.2 Å². The lowest BCUT2D eigenvalue weighted by Crippen LogP contribution is -2.66. The normalized spacial score (nSPS) is 26.4. The number of aliphatic hydroxyl groups is 11. The molecule has 104 heavy (non-hydrogen) atoms. The van der Waals surface area contributed by atoms with Gasteiger partial charge in [-0.05, 0) is 89.9 Å². The summed E-state index contributed by atoms with van der Waals surface area (Å²) in [6.45, 7) is 1.62. The molecular formula is C85H149NO18. The number of rotatable bonds is 65. The van der Waals surface area contributed by atoms with E-state index in [1.54, 1.807) is 6.08 Å². The number of carbonyl (C=O) groups is 1. The average Bonchev–Trinajstić information content (AvgIpc) is 0.783. The Kier molecular flexibility index (Phi) is 58.9. The number of ether oxygens (including phenoxy) is 6. The summed E-state index contributed by atoms with van der Waals surface area (Å²) >= 11 is 0. The second-order valence-electron chi connectivity index (χ2n) is 29.2. The fraction of sp³-hybridized carbons (Fsp3) is 0.800. The van der Waals surface area contributed by atoms with Gasteiger partial charge < -0.3 is 89.9 Å². The van der Waals surface area contributed by atoms with Crippen LogP contribution in [0.1, 0.15) is 303 Å². The molecule has 0 aromatic heterocycles. The summed E-state index contributed by atoms with van der Waals surface area (Å²) in [5.41, 5.74) is 0. The summed E-state index contributed by atoms with van der Waals surface area (Å²) in [7, 11) is 0. The number of amides is 1. The maximum atomic E-state index is 13.5. The smallest absolute Gasteiger partial charge is 0.220 e. The van der Waals surface area contributed by atoms with Crippen molar-refractivity contribution >= 4 is 5.91 Å². The van der Waals surface area contributed by atoms with Gasteiger partial charge in [0.05, 0.1) is 38.6 Å². The lowest BCUT2D eigenvalue weighted by molar-refractivity contribution is -0.379. The van der Waals surface area contributed by atoms with Gasteiger partial charge in [-0.3, -0.25) is 4.79 Å². The maximum Gasteiger partial charge on any atom is 0.220 e. The highest BCUT2D eigenvalue weighted by atomic mass is 16.8. The van der Waals surface area contributed by atoms with Crippen molar-refractivity contribution in [1.82, 2.24) is 5.32 Å². The number of hydrogen-bond donors (Lipinski definition) is 12. The van der Waals surface area contributed by atoms with Crippen LogP contribution in [0, 0.1) is 0 Å². The lowest BCUT2D eigenvalue weighted by atomic mass is 9.96. The number of unbranched alkanes of at least 4 members (excludes halogenated alkanes) is 35. The first-order valence-electron chi connectivity index (χ1n) is 41.5. The Hall–Kier alpha value is -3.29. The molecule has 3 saturated heterocycles. The zero-order valence-electron chi connectivity index (χ0n) is 64.5. The molecule has 0 aromatic carbocycles. The summed E-state index contributed by atoms with van der Waals surface area (Å²) in [6, 6.07) is -1.00. The van der Waals surface area contributed by atoms with Crippen LogP contribution in [-0.4, -0.2) is 193 Å². The highest BCUT2D eigenvalue weighted by Crippen LogP contribution is 2.33. The first-order chi connectivity index (χ1) is 50.8. The van der Waals surface area contributed by atoms with Crippen molar-refractivity contribution in [2.24, 2.45) is 0 Å². The molecule has 0 aromatic rings. The van der Waals surface area contributed by atoms with Crippen LogP contribution in [0.15, 0.2) is 97.2 Å². The monoisotopic (exact) mass is 1470 g/mol. The van der Waals surface area contributed by atoms with E-state index in [2.05, 4.69) is 104 Å². The van der Waals surface area contributed by atoms with Crippen LogP contribution in [0.2, 0.25) is 0 Å². The third-order valence-corrected chi connectivity index (χ3v) is 20.1. The van der Waals surface area contributed by atoms with Gasteiger partial charge in [-0.25, -0.2) is 0 Å². The molecule has 0 aliphatic carbocycles. The van der Waals surface area contributed by atoms with Crippen LogP contribution < -0.4 is 5.32 Å². The fourth-order valence-electron chi connectivity index (χ4n) is 13.5. The Morgan fingerprint density at radius 1 is 0.356 bits per heavy atom. The van der Waals surface area contributed by atoms with Crippen molar-refractivity contribution in [3.8, 4) is 0 Å². The molecule has 19 nitrogen and oxygen atoms in total. The predicted octanol–water partition coefficient (Wildman–Crippen LogP) is 14.3. The van der Waals surface area contributed by atoms with Crippen LogP contribution >= 0.6 is 0 Å². The van der Waals surface area contributed by atoms with Gasteiger partial charge in [0.15, 0.2) is 18.9 Å². The zero-order chi connectivity index (χ0) is 75.3. The number of nitrogens with one attached hydrogen (secondary N) is 1. The van der Waals surface area contributed by atoms with Gasteiger partial charge in [-0.1, -0.05) is 304 Å². The molecule has 17 atom stereocenters. The second-order valence-corrected chi connectivity index (χ2v) is 29.2. The van der Waals surface area contributed by atoms with E-state index < -0.39 is 124 Å². The molecule has 17 unspecified atom stereocenters. The predicted molar refractivity (Wildman–Crippen MR) is 415 cm³/mol. The Labute approximate surface area is 628 Å². The van der Waals surface area contributed by atoms with E-state index in [1.165, 1.54) is 193 Å². The van der Waals surface area contributed by atoms with Crippen molar-refractivity contribution in [2.45, 2.75) is 407 Å². The molecule has 0 radical (unpaired) electrons. The second kappa shape index (κ2) is 64.5. The SMILES string of the molecule is CC/C=C\C/C=C\C/C=C\C/C=C\C/C=C\CCCCCCCCCCCCCCCCCCCCCC(=O)NC(COC1OC(CO)C(OC2OC(CO)C(OC3OC(CO)C(O)C(O)C3O)C(O)C2O)C(O)C1O)C(O)/C=C/CC/C=C/CC/C=C/CCCCCCCCCCCCCCCC. The van der Waals surface area contributed by atoms with Crippen molar-refractivity contribution < 1.29 is 89.4 Å². The van der Waals surface area contributed by atoms with Crippen LogP contribution in [0.25, 0.3) is 0 Å². The van der Waals surface area contributed by atoms with Crippen LogP contribution in [0.4, 0.5) is 0 Å². The molecule has 1 amide bonds. The first kappa shape index (κ1) is 94.9. The number of allylic oxidation sites excluding steroid dienone is 15. The first-order valence-corrected chi connectivity index (χ1v) is 41.5. The van der Waals surface area contributed by atoms with Gasteiger partial charge in [0.25, 0.3) is 0 Å². The van der Waals surface area contributed by atoms with Gasteiger partial charge in [-0.2, -0.15) is 0 Å². The fourth-order valence-corrected chi connectivity index (χ4v) is 13.5. The Morgan fingerprint density at radius 3 is 1.08 bits per heavy atom. The number of carbonyl (C=O) groups excluding carboxylic acids is 1. The standard InChI is InChI=1S/C85H149NO18/c1-3-5-7-9-11-13-15-17-19-21-23-25-27-29-30-31-32-33-34-35-36-37-38-39-41-43-45-47-49-51-53-55-57-59-61-63-73(91)86-68(69(90)62-60-58-56-54-52-50-48-46-44-42-40-28-26-24-22-20-18-16-14-12-10-8-6-4-2)67-99-83-79(97)76(94)81(71(65-88)101-83)104-85-80(98)77(95)82(72(66-89)102-85)103-84-78(96)75(93)74(92)70(64-87)100-84/h5,7,11,13,17,19,23,25,29-30,44,46,52,54,60,62,68-72,74-85,87-90,92-98H,3-4,6,8-10,12,14-16,18,20-22,24,26-28,31-43,45,47-51,53,55-59,61,63-67H2,1-2H3,(H,86,91)/b7-5-,13-11-,19-17-,25-23-,30-29-,46-44+,54-52+,62-60+. The molecule has 0 bridgehead atoms. The van der Waals surface area contributed by atoms with E-state index >= 15 is 0 Å².